The first-order chi connectivity index (χ1) is 10.6. The molecule has 1 aromatic heterocycles. The minimum atomic E-state index is 0.833. The number of hydrogen-bond donors (Lipinski definition) is 0. The van der Waals surface area contributed by atoms with Gasteiger partial charge in [-0.05, 0) is 13.3 Å². The fraction of sp³-hybridized carbons (Fsp3) is 0.750. The molecular formula is C16H29N5O. The maximum atomic E-state index is 5.57. The zero-order valence-electron chi connectivity index (χ0n) is 14.4. The van der Waals surface area contributed by atoms with Crippen LogP contribution < -0.4 is 9.80 Å². The molecule has 0 atom stereocenters. The fourth-order valence-electron chi connectivity index (χ4n) is 2.64. The SMILES string of the molecule is CCCOCCN1CCN(c2ncc(C)c(N(C)C)n2)CC1. The Morgan fingerprint density at radius 3 is 2.55 bits per heavy atom. The highest BCUT2D eigenvalue weighted by molar-refractivity contribution is 5.48. The molecule has 0 bridgehead atoms. The Morgan fingerprint density at radius 1 is 1.18 bits per heavy atom. The maximum absolute atomic E-state index is 5.57. The highest BCUT2D eigenvalue weighted by Gasteiger charge is 2.19. The second-order valence-corrected chi connectivity index (χ2v) is 6.01. The number of ether oxygens (including phenoxy) is 1. The summed E-state index contributed by atoms with van der Waals surface area (Å²) in [5.41, 5.74) is 1.11. The van der Waals surface area contributed by atoms with E-state index in [1.807, 2.05) is 32.1 Å². The third kappa shape index (κ3) is 4.55. The number of aromatic nitrogens is 2. The highest BCUT2D eigenvalue weighted by Crippen LogP contribution is 2.18. The summed E-state index contributed by atoms with van der Waals surface area (Å²) in [6, 6.07) is 0. The summed E-state index contributed by atoms with van der Waals surface area (Å²) in [7, 11) is 4.04. The van der Waals surface area contributed by atoms with E-state index in [-0.39, 0.29) is 0 Å². The molecule has 0 spiro atoms. The molecule has 1 aliphatic heterocycles. The van der Waals surface area contributed by atoms with Gasteiger partial charge in [0.1, 0.15) is 5.82 Å². The average Bonchev–Trinajstić information content (AvgIpc) is 2.52. The lowest BCUT2D eigenvalue weighted by molar-refractivity contribution is 0.102. The van der Waals surface area contributed by atoms with Crippen LogP contribution in [-0.2, 0) is 4.74 Å². The maximum Gasteiger partial charge on any atom is 0.227 e. The van der Waals surface area contributed by atoms with Crippen LogP contribution in [0.3, 0.4) is 0 Å². The molecule has 6 heteroatoms. The molecule has 1 saturated heterocycles. The third-order valence-corrected chi connectivity index (χ3v) is 3.91. The van der Waals surface area contributed by atoms with Gasteiger partial charge in [-0.25, -0.2) is 4.98 Å². The minimum Gasteiger partial charge on any atom is -0.380 e. The molecule has 22 heavy (non-hydrogen) atoms. The standard InChI is InChI=1S/C16H29N5O/c1-5-11-22-12-10-20-6-8-21(9-7-20)16-17-13-14(2)15(18-16)19(3)4/h13H,5-12H2,1-4H3. The van der Waals surface area contributed by atoms with E-state index >= 15 is 0 Å². The Bertz CT molecular complexity index is 458. The van der Waals surface area contributed by atoms with Crippen molar-refractivity contribution >= 4 is 11.8 Å². The fourth-order valence-corrected chi connectivity index (χ4v) is 2.64. The van der Waals surface area contributed by atoms with Crippen LogP contribution in [0.25, 0.3) is 0 Å². The zero-order valence-corrected chi connectivity index (χ0v) is 14.4. The number of hydrogen-bond acceptors (Lipinski definition) is 6. The van der Waals surface area contributed by atoms with Gasteiger partial charge in [-0.1, -0.05) is 6.92 Å². The van der Waals surface area contributed by atoms with Crippen molar-refractivity contribution in [1.82, 2.24) is 14.9 Å². The quantitative estimate of drug-likeness (QED) is 0.710. The van der Waals surface area contributed by atoms with Crippen LogP contribution in [0.5, 0.6) is 0 Å². The Balaban J connectivity index is 1.85. The predicted octanol–water partition coefficient (Wildman–Crippen LogP) is 1.40. The van der Waals surface area contributed by atoms with Crippen molar-refractivity contribution in [2.45, 2.75) is 20.3 Å². The second-order valence-electron chi connectivity index (χ2n) is 6.01. The van der Waals surface area contributed by atoms with Crippen LogP contribution in [0.2, 0.25) is 0 Å². The predicted molar refractivity (Wildman–Crippen MR) is 90.9 cm³/mol. The summed E-state index contributed by atoms with van der Waals surface area (Å²) in [5.74, 6) is 1.84. The molecule has 2 heterocycles. The first-order valence-electron chi connectivity index (χ1n) is 8.17. The monoisotopic (exact) mass is 307 g/mol. The van der Waals surface area contributed by atoms with Crippen molar-refractivity contribution in [2.75, 3.05) is 69.8 Å². The first-order valence-corrected chi connectivity index (χ1v) is 8.17. The Hall–Kier alpha value is -1.40. The van der Waals surface area contributed by atoms with Crippen molar-refractivity contribution < 1.29 is 4.74 Å². The van der Waals surface area contributed by atoms with Crippen LogP contribution in [0.4, 0.5) is 11.8 Å². The van der Waals surface area contributed by atoms with E-state index < -0.39 is 0 Å². The van der Waals surface area contributed by atoms with Gasteiger partial charge in [0.25, 0.3) is 0 Å². The van der Waals surface area contributed by atoms with E-state index in [2.05, 4.69) is 21.7 Å². The number of anilines is 2. The van der Waals surface area contributed by atoms with E-state index in [9.17, 15) is 0 Å². The largest absolute Gasteiger partial charge is 0.380 e. The number of nitrogens with zero attached hydrogens (tertiary/aromatic N) is 5. The second kappa shape index (κ2) is 8.29. The van der Waals surface area contributed by atoms with Gasteiger partial charge in [-0.2, -0.15) is 4.98 Å². The van der Waals surface area contributed by atoms with Crippen LogP contribution in [0, 0.1) is 6.92 Å². The molecule has 124 valence electrons. The molecule has 0 N–H and O–H groups in total. The summed E-state index contributed by atoms with van der Waals surface area (Å²) in [5, 5.41) is 0. The van der Waals surface area contributed by atoms with Crippen LogP contribution in [0.15, 0.2) is 6.20 Å². The van der Waals surface area contributed by atoms with Crippen molar-refractivity contribution in [3.8, 4) is 0 Å². The lowest BCUT2D eigenvalue weighted by Crippen LogP contribution is -2.48. The Labute approximate surface area is 134 Å². The molecule has 1 aromatic rings. The van der Waals surface area contributed by atoms with Crippen LogP contribution in [0.1, 0.15) is 18.9 Å². The van der Waals surface area contributed by atoms with Crippen LogP contribution >= 0.6 is 0 Å². The topological polar surface area (TPSA) is 44.7 Å². The van der Waals surface area contributed by atoms with Crippen molar-refractivity contribution in [3.05, 3.63) is 11.8 Å². The van der Waals surface area contributed by atoms with E-state index in [1.54, 1.807) is 0 Å². The van der Waals surface area contributed by atoms with Crippen molar-refractivity contribution in [3.63, 3.8) is 0 Å². The third-order valence-electron chi connectivity index (χ3n) is 3.91. The molecular weight excluding hydrogens is 278 g/mol. The van der Waals surface area contributed by atoms with Gasteiger partial charge in [0.2, 0.25) is 5.95 Å². The normalized spacial score (nSPS) is 16.1. The minimum absolute atomic E-state index is 0.833. The van der Waals surface area contributed by atoms with Gasteiger partial charge in [0.05, 0.1) is 6.61 Å². The summed E-state index contributed by atoms with van der Waals surface area (Å²) in [6.07, 6.45) is 3.01. The molecule has 6 nitrogen and oxygen atoms in total. The van der Waals surface area contributed by atoms with E-state index in [4.69, 9.17) is 9.72 Å². The molecule has 0 unspecified atom stereocenters. The van der Waals surface area contributed by atoms with Crippen molar-refractivity contribution in [1.29, 1.82) is 0 Å². The molecule has 0 aliphatic carbocycles. The summed E-state index contributed by atoms with van der Waals surface area (Å²) in [4.78, 5) is 16.0. The van der Waals surface area contributed by atoms with Gasteiger partial charge >= 0.3 is 0 Å². The van der Waals surface area contributed by atoms with Gasteiger partial charge in [-0.3, -0.25) is 4.90 Å². The van der Waals surface area contributed by atoms with E-state index in [1.165, 1.54) is 0 Å². The summed E-state index contributed by atoms with van der Waals surface area (Å²) in [6.45, 7) is 11.0. The van der Waals surface area contributed by atoms with E-state index in [0.29, 0.717) is 0 Å². The van der Waals surface area contributed by atoms with Gasteiger partial charge in [0.15, 0.2) is 0 Å². The molecule has 1 aliphatic rings. The number of aryl methyl sites for hydroxylation is 1. The highest BCUT2D eigenvalue weighted by atomic mass is 16.5. The first kappa shape index (κ1) is 17.0. The number of piperazine rings is 1. The van der Waals surface area contributed by atoms with Gasteiger partial charge in [-0.15, -0.1) is 0 Å². The summed E-state index contributed by atoms with van der Waals surface area (Å²) < 4.78 is 5.57. The molecule has 0 amide bonds. The lowest BCUT2D eigenvalue weighted by Gasteiger charge is -2.35. The smallest absolute Gasteiger partial charge is 0.227 e. The van der Waals surface area contributed by atoms with Crippen molar-refractivity contribution in [2.24, 2.45) is 0 Å². The average molecular weight is 307 g/mol. The van der Waals surface area contributed by atoms with Gasteiger partial charge < -0.3 is 14.5 Å². The Morgan fingerprint density at radius 2 is 1.91 bits per heavy atom. The Kier molecular flexibility index (Phi) is 6.39. The number of rotatable bonds is 7. The van der Waals surface area contributed by atoms with E-state index in [0.717, 1.165) is 69.7 Å². The molecule has 0 saturated carbocycles. The molecule has 0 aromatic carbocycles. The molecule has 1 fully saturated rings. The lowest BCUT2D eigenvalue weighted by atomic mass is 10.3. The summed E-state index contributed by atoms with van der Waals surface area (Å²) >= 11 is 0. The molecule has 0 radical (unpaired) electrons. The van der Waals surface area contributed by atoms with Gasteiger partial charge in [0, 0.05) is 65.2 Å². The molecule has 2 rings (SSSR count). The zero-order chi connectivity index (χ0) is 15.9. The van der Waals surface area contributed by atoms with Crippen LogP contribution in [-0.4, -0.2) is 74.9 Å².